The van der Waals surface area contributed by atoms with Gasteiger partial charge in [0.2, 0.25) is 0 Å². The van der Waals surface area contributed by atoms with Crippen LogP contribution in [0.5, 0.6) is 5.75 Å². The number of aromatic hydroxyl groups is 1. The second-order valence-corrected chi connectivity index (χ2v) is 3.56. The molecule has 3 rings (SSSR count). The largest absolute Gasteiger partial charge is 0.508 e. The number of hydrogen-bond donors (Lipinski definition) is 2. The SMILES string of the molecule is Nc1ncnc2c1ncn2-c1ccc(O)cc1. The highest BCUT2D eigenvalue weighted by Gasteiger charge is 2.08. The molecule has 0 unspecified atom stereocenters. The molecule has 6 heteroatoms. The van der Waals surface area contributed by atoms with E-state index in [2.05, 4.69) is 15.0 Å². The van der Waals surface area contributed by atoms with Gasteiger partial charge in [0.15, 0.2) is 17.0 Å². The number of nitrogens with two attached hydrogens (primary N) is 1. The van der Waals surface area contributed by atoms with Gasteiger partial charge in [0, 0.05) is 5.69 Å². The predicted molar refractivity (Wildman–Crippen MR) is 62.7 cm³/mol. The molecular formula is C11H9N5O. The van der Waals surface area contributed by atoms with E-state index < -0.39 is 0 Å². The molecule has 0 aliphatic heterocycles. The summed E-state index contributed by atoms with van der Waals surface area (Å²) in [6.07, 6.45) is 3.03. The number of phenolic OH excluding ortho intramolecular Hbond substituents is 1. The fourth-order valence-corrected chi connectivity index (χ4v) is 1.66. The topological polar surface area (TPSA) is 89.9 Å². The lowest BCUT2D eigenvalue weighted by Crippen LogP contribution is -1.96. The predicted octanol–water partition coefficient (Wildman–Crippen LogP) is 1.10. The monoisotopic (exact) mass is 227 g/mol. The van der Waals surface area contributed by atoms with Crippen LogP contribution < -0.4 is 5.73 Å². The van der Waals surface area contributed by atoms with Gasteiger partial charge in [-0.25, -0.2) is 15.0 Å². The van der Waals surface area contributed by atoms with E-state index in [9.17, 15) is 5.11 Å². The van der Waals surface area contributed by atoms with E-state index in [-0.39, 0.29) is 5.75 Å². The molecule has 17 heavy (non-hydrogen) atoms. The molecule has 0 saturated carbocycles. The number of nitrogens with zero attached hydrogens (tertiary/aromatic N) is 4. The Kier molecular flexibility index (Phi) is 1.94. The molecule has 0 amide bonds. The first-order valence-electron chi connectivity index (χ1n) is 4.98. The first-order valence-corrected chi connectivity index (χ1v) is 4.98. The van der Waals surface area contributed by atoms with Gasteiger partial charge in [-0.1, -0.05) is 0 Å². The van der Waals surface area contributed by atoms with Crippen molar-refractivity contribution in [3.63, 3.8) is 0 Å². The third-order valence-corrected chi connectivity index (χ3v) is 2.49. The lowest BCUT2D eigenvalue weighted by Gasteiger charge is -2.03. The molecule has 2 heterocycles. The fourth-order valence-electron chi connectivity index (χ4n) is 1.66. The van der Waals surface area contributed by atoms with Crippen LogP contribution >= 0.6 is 0 Å². The number of aromatic nitrogens is 4. The summed E-state index contributed by atoms with van der Waals surface area (Å²) in [5, 5.41) is 9.24. The summed E-state index contributed by atoms with van der Waals surface area (Å²) >= 11 is 0. The van der Waals surface area contributed by atoms with Crippen molar-refractivity contribution in [1.82, 2.24) is 19.5 Å². The molecular weight excluding hydrogens is 218 g/mol. The van der Waals surface area contributed by atoms with Crippen LogP contribution in [0, 0.1) is 0 Å². The average Bonchev–Trinajstić information content (AvgIpc) is 2.75. The second-order valence-electron chi connectivity index (χ2n) is 3.56. The van der Waals surface area contributed by atoms with E-state index in [1.807, 2.05) is 0 Å². The molecule has 0 fully saturated rings. The number of phenols is 1. The molecule has 1 aromatic carbocycles. The zero-order valence-electron chi connectivity index (χ0n) is 8.78. The Bertz CT molecular complexity index is 674. The molecule has 0 aliphatic rings. The van der Waals surface area contributed by atoms with Gasteiger partial charge in [-0.2, -0.15) is 0 Å². The number of hydrogen-bond acceptors (Lipinski definition) is 5. The zero-order valence-corrected chi connectivity index (χ0v) is 8.78. The van der Waals surface area contributed by atoms with E-state index in [0.29, 0.717) is 17.0 Å². The second kappa shape index (κ2) is 3.44. The number of imidazole rings is 1. The molecule has 0 bridgehead atoms. The van der Waals surface area contributed by atoms with E-state index in [1.54, 1.807) is 35.2 Å². The van der Waals surface area contributed by atoms with E-state index in [1.165, 1.54) is 6.33 Å². The molecule has 0 aliphatic carbocycles. The summed E-state index contributed by atoms with van der Waals surface area (Å²) in [5.74, 6) is 0.569. The van der Waals surface area contributed by atoms with Gasteiger partial charge in [-0.05, 0) is 24.3 Å². The maximum absolute atomic E-state index is 9.24. The molecule has 2 aromatic heterocycles. The Morgan fingerprint density at radius 1 is 1.06 bits per heavy atom. The van der Waals surface area contributed by atoms with Gasteiger partial charge in [0.05, 0.1) is 0 Å². The minimum absolute atomic E-state index is 0.215. The van der Waals surface area contributed by atoms with Gasteiger partial charge in [-0.3, -0.25) is 4.57 Å². The standard InChI is InChI=1S/C11H9N5O/c12-10-9-11(14-5-13-10)16(6-15-9)7-1-3-8(17)4-2-7/h1-6,17H,(H2,12,13,14). The number of rotatable bonds is 1. The van der Waals surface area contributed by atoms with Gasteiger partial charge < -0.3 is 10.8 Å². The summed E-state index contributed by atoms with van der Waals surface area (Å²) in [7, 11) is 0. The quantitative estimate of drug-likeness (QED) is 0.649. The molecule has 6 nitrogen and oxygen atoms in total. The third kappa shape index (κ3) is 1.46. The highest BCUT2D eigenvalue weighted by Crippen LogP contribution is 2.20. The summed E-state index contributed by atoms with van der Waals surface area (Å²) in [4.78, 5) is 12.2. The van der Waals surface area contributed by atoms with Crippen LogP contribution in [0.4, 0.5) is 5.82 Å². The van der Waals surface area contributed by atoms with Crippen LogP contribution in [0.2, 0.25) is 0 Å². The van der Waals surface area contributed by atoms with Crippen LogP contribution in [0.15, 0.2) is 36.9 Å². The molecule has 3 aromatic rings. The average molecular weight is 227 g/mol. The highest BCUT2D eigenvalue weighted by molar-refractivity contribution is 5.82. The van der Waals surface area contributed by atoms with Gasteiger partial charge in [0.1, 0.15) is 18.4 Å². The number of benzene rings is 1. The van der Waals surface area contributed by atoms with E-state index >= 15 is 0 Å². The summed E-state index contributed by atoms with van der Waals surface area (Å²) in [6.45, 7) is 0. The third-order valence-electron chi connectivity index (χ3n) is 2.49. The van der Waals surface area contributed by atoms with Crippen molar-refractivity contribution in [2.45, 2.75) is 0 Å². The van der Waals surface area contributed by atoms with Crippen molar-refractivity contribution in [3.05, 3.63) is 36.9 Å². The maximum atomic E-state index is 9.24. The normalized spacial score (nSPS) is 10.8. The molecule has 0 radical (unpaired) electrons. The Hall–Kier alpha value is -2.63. The molecule has 0 saturated heterocycles. The van der Waals surface area contributed by atoms with Crippen molar-refractivity contribution in [3.8, 4) is 11.4 Å². The van der Waals surface area contributed by atoms with Crippen molar-refractivity contribution in [1.29, 1.82) is 0 Å². The number of nitrogen functional groups attached to an aromatic ring is 1. The molecule has 3 N–H and O–H groups in total. The zero-order chi connectivity index (χ0) is 11.8. The van der Waals surface area contributed by atoms with Crippen molar-refractivity contribution < 1.29 is 5.11 Å². The van der Waals surface area contributed by atoms with Gasteiger partial charge >= 0.3 is 0 Å². The van der Waals surface area contributed by atoms with Gasteiger partial charge in [-0.15, -0.1) is 0 Å². The van der Waals surface area contributed by atoms with E-state index in [4.69, 9.17) is 5.73 Å². The van der Waals surface area contributed by atoms with Crippen molar-refractivity contribution in [2.24, 2.45) is 0 Å². The minimum atomic E-state index is 0.215. The van der Waals surface area contributed by atoms with Crippen LogP contribution in [-0.2, 0) is 0 Å². The maximum Gasteiger partial charge on any atom is 0.170 e. The minimum Gasteiger partial charge on any atom is -0.508 e. The summed E-state index contributed by atoms with van der Waals surface area (Å²) in [5.41, 5.74) is 7.77. The van der Waals surface area contributed by atoms with Crippen LogP contribution in [-0.4, -0.2) is 24.6 Å². The first-order chi connectivity index (χ1) is 8.25. The van der Waals surface area contributed by atoms with Crippen molar-refractivity contribution in [2.75, 3.05) is 5.73 Å². The Labute approximate surface area is 96.4 Å². The lowest BCUT2D eigenvalue weighted by molar-refractivity contribution is 0.475. The van der Waals surface area contributed by atoms with E-state index in [0.717, 1.165) is 5.69 Å². The Morgan fingerprint density at radius 3 is 2.59 bits per heavy atom. The molecule has 0 atom stereocenters. The van der Waals surface area contributed by atoms with Crippen molar-refractivity contribution >= 4 is 17.0 Å². The molecule has 84 valence electrons. The summed E-state index contributed by atoms with van der Waals surface area (Å²) in [6, 6.07) is 6.75. The lowest BCUT2D eigenvalue weighted by atomic mass is 10.3. The van der Waals surface area contributed by atoms with Gasteiger partial charge in [0.25, 0.3) is 0 Å². The summed E-state index contributed by atoms with van der Waals surface area (Å²) < 4.78 is 1.78. The number of anilines is 1. The number of fused-ring (bicyclic) bond motifs is 1. The molecule has 0 spiro atoms. The van der Waals surface area contributed by atoms with Crippen LogP contribution in [0.25, 0.3) is 16.9 Å². The Balaban J connectivity index is 2.24. The van der Waals surface area contributed by atoms with Crippen LogP contribution in [0.1, 0.15) is 0 Å². The Morgan fingerprint density at radius 2 is 1.82 bits per heavy atom. The first kappa shape index (κ1) is 9.59. The smallest absolute Gasteiger partial charge is 0.170 e. The van der Waals surface area contributed by atoms with Crippen LogP contribution in [0.3, 0.4) is 0 Å². The highest BCUT2D eigenvalue weighted by atomic mass is 16.3. The fraction of sp³-hybridized carbons (Fsp3) is 0.